The molecule has 0 amide bonds. The number of hydrogen-bond acceptors (Lipinski definition) is 15. The number of ether oxygens (including phenoxy) is 4. The van der Waals surface area contributed by atoms with Crippen LogP contribution in [0.5, 0.6) is 0 Å². The van der Waals surface area contributed by atoms with E-state index in [9.17, 15) is 43.2 Å². The number of aliphatic hydroxyl groups is 1. The molecule has 0 aromatic rings. The van der Waals surface area contributed by atoms with Crippen LogP contribution in [0.4, 0.5) is 0 Å². The first-order valence-electron chi connectivity index (χ1n) is 41.7. The number of carbonyl (C=O) groups excluding carboxylic acids is 4. The van der Waals surface area contributed by atoms with Gasteiger partial charge in [0.2, 0.25) is 0 Å². The molecule has 0 aliphatic carbocycles. The summed E-state index contributed by atoms with van der Waals surface area (Å²) in [5.74, 6) is -2.45. The summed E-state index contributed by atoms with van der Waals surface area (Å²) >= 11 is 0. The van der Waals surface area contributed by atoms with Crippen molar-refractivity contribution in [1.82, 2.24) is 0 Å². The molecule has 0 bridgehead atoms. The summed E-state index contributed by atoms with van der Waals surface area (Å²) in [6, 6.07) is 0. The van der Waals surface area contributed by atoms with Crippen LogP contribution in [-0.4, -0.2) is 96.7 Å². The molecule has 0 aliphatic rings. The van der Waals surface area contributed by atoms with Gasteiger partial charge in [0, 0.05) is 25.7 Å². The molecule has 0 saturated heterocycles. The maximum Gasteiger partial charge on any atom is 0.472 e. The Labute approximate surface area is 666 Å². The van der Waals surface area contributed by atoms with Crippen molar-refractivity contribution < 1.29 is 80.2 Å². The zero-order valence-electron chi connectivity index (χ0n) is 68.1. The van der Waals surface area contributed by atoms with Gasteiger partial charge in [0.1, 0.15) is 19.3 Å². The summed E-state index contributed by atoms with van der Waals surface area (Å²) < 4.78 is 68.5. The lowest BCUT2D eigenvalue weighted by Gasteiger charge is -2.21. The minimum Gasteiger partial charge on any atom is -0.462 e. The van der Waals surface area contributed by atoms with Crippen LogP contribution in [0.25, 0.3) is 0 Å². The third kappa shape index (κ3) is 80.0. The van der Waals surface area contributed by atoms with Gasteiger partial charge in [-0.15, -0.1) is 0 Å². The van der Waals surface area contributed by atoms with Gasteiger partial charge in [0.25, 0.3) is 0 Å². The first-order valence-corrected chi connectivity index (χ1v) is 44.7. The first-order chi connectivity index (χ1) is 53.7. The molecule has 2 unspecified atom stereocenters. The van der Waals surface area contributed by atoms with Crippen LogP contribution in [0.1, 0.15) is 297 Å². The highest BCUT2D eigenvalue weighted by atomic mass is 31.2. The summed E-state index contributed by atoms with van der Waals surface area (Å²) in [7, 11) is -10.0. The highest BCUT2D eigenvalue weighted by molar-refractivity contribution is 7.47. The van der Waals surface area contributed by atoms with Gasteiger partial charge in [-0.2, -0.15) is 0 Å². The average molecular weight is 1570 g/mol. The monoisotopic (exact) mass is 1570 g/mol. The number of phosphoric acid groups is 2. The molecule has 622 valence electrons. The lowest BCUT2D eigenvalue weighted by Crippen LogP contribution is -2.30. The summed E-state index contributed by atoms with van der Waals surface area (Å²) in [5.41, 5.74) is 0. The fourth-order valence-corrected chi connectivity index (χ4v) is 11.9. The molecule has 0 radical (unpaired) electrons. The van der Waals surface area contributed by atoms with E-state index in [-0.39, 0.29) is 25.7 Å². The maximum atomic E-state index is 13.1. The Morgan fingerprint density at radius 1 is 0.264 bits per heavy atom. The lowest BCUT2D eigenvalue weighted by molar-refractivity contribution is -0.161. The topological polar surface area (TPSA) is 237 Å². The van der Waals surface area contributed by atoms with Crippen molar-refractivity contribution in [1.29, 1.82) is 0 Å². The molecule has 0 fully saturated rings. The largest absolute Gasteiger partial charge is 0.472 e. The standard InChI is InChI=1S/C91H146O17P2/c1-5-9-13-17-21-25-29-33-37-40-42-45-48-51-55-59-63-67-71-75-88(93)101-81-86(107-90(95)77-73-69-65-61-57-53-47-36-32-28-24-20-16-12-8-4)83-105-109(97,98)103-79-85(92)80-104-110(99,100)106-84-87(108-91(96)78-74-70-66-62-58-54-50-44-39-35-31-27-23-19-15-11-7-3)82-102-89(94)76-72-68-64-60-56-52-49-46-43-41-38-34-30-26-22-18-14-10-6-2/h9-10,13-14,21-23,25-27,33-35,37-39,42-43,45-46,50-52,54-56,62-64,66-68,85-87,92H,5-8,11-12,15-20,24,28-32,36,40-41,44,47-49,53,57-61,65,69-84H2,1-4H3,(H,97,98)(H,99,100)/b13-9-,14-10-,25-21-,26-22-,27-23-,37-33-,38-34-,39-35-,45-42-,46-43-,54-50-,55-51-,56-52-,66-62-,67-63-,68-64-/t85-,86+,87+/m0/s1. The predicted molar refractivity (Wildman–Crippen MR) is 454 cm³/mol. The molecule has 0 heterocycles. The Hall–Kier alpha value is -6.10. The van der Waals surface area contributed by atoms with Crippen LogP contribution in [0.3, 0.4) is 0 Å². The number of hydrogen-bond donors (Lipinski definition) is 3. The number of esters is 4. The lowest BCUT2D eigenvalue weighted by atomic mass is 10.0. The fourth-order valence-electron chi connectivity index (χ4n) is 10.3. The Kier molecular flexibility index (Phi) is 76.4. The smallest absolute Gasteiger partial charge is 0.462 e. The number of unbranched alkanes of at least 4 members (excludes halogenated alkanes) is 18. The second-order valence-electron chi connectivity index (χ2n) is 27.0. The van der Waals surface area contributed by atoms with Crippen LogP contribution in [0.2, 0.25) is 0 Å². The maximum absolute atomic E-state index is 13.1. The van der Waals surface area contributed by atoms with Crippen molar-refractivity contribution in [2.75, 3.05) is 39.6 Å². The van der Waals surface area contributed by atoms with Crippen molar-refractivity contribution in [3.05, 3.63) is 194 Å². The summed E-state index contributed by atoms with van der Waals surface area (Å²) in [6.07, 6.45) is 100. The molecule has 5 atom stereocenters. The highest BCUT2D eigenvalue weighted by Gasteiger charge is 2.30. The number of rotatable bonds is 76. The first kappa shape index (κ1) is 104. The van der Waals surface area contributed by atoms with Crippen LogP contribution < -0.4 is 0 Å². The van der Waals surface area contributed by atoms with E-state index in [0.717, 1.165) is 116 Å². The van der Waals surface area contributed by atoms with Gasteiger partial charge in [0.05, 0.1) is 26.4 Å². The Bertz CT molecular complexity index is 2850. The Balaban J connectivity index is 5.56. The quantitative estimate of drug-likeness (QED) is 0.0169. The van der Waals surface area contributed by atoms with Gasteiger partial charge in [-0.25, -0.2) is 9.13 Å². The molecule has 3 N–H and O–H groups in total. The molecule has 0 aromatic heterocycles. The van der Waals surface area contributed by atoms with Crippen LogP contribution in [-0.2, 0) is 65.4 Å². The number of aliphatic hydroxyl groups excluding tert-OH is 1. The molecule has 19 heteroatoms. The normalized spacial score (nSPS) is 14.8. The third-order valence-electron chi connectivity index (χ3n) is 16.6. The second kappa shape index (κ2) is 80.9. The molecule has 0 spiro atoms. The van der Waals surface area contributed by atoms with Crippen molar-refractivity contribution in [3.8, 4) is 0 Å². The number of phosphoric ester groups is 2. The minimum atomic E-state index is -5.03. The highest BCUT2D eigenvalue weighted by Crippen LogP contribution is 2.45. The van der Waals surface area contributed by atoms with Gasteiger partial charge in [-0.05, 0) is 141 Å². The molecule has 110 heavy (non-hydrogen) atoms. The van der Waals surface area contributed by atoms with E-state index >= 15 is 0 Å². The molecule has 0 saturated carbocycles. The van der Waals surface area contributed by atoms with Crippen LogP contribution in [0.15, 0.2) is 194 Å². The Morgan fingerprint density at radius 3 is 0.800 bits per heavy atom. The summed E-state index contributed by atoms with van der Waals surface area (Å²) in [5, 5.41) is 10.7. The molecule has 0 aromatic carbocycles. The van der Waals surface area contributed by atoms with Crippen molar-refractivity contribution in [3.63, 3.8) is 0 Å². The van der Waals surface area contributed by atoms with Gasteiger partial charge < -0.3 is 33.8 Å². The average Bonchev–Trinajstić information content (AvgIpc) is 0.906. The predicted octanol–water partition coefficient (Wildman–Crippen LogP) is 24.9. The number of allylic oxidation sites excluding steroid dienone is 32. The summed E-state index contributed by atoms with van der Waals surface area (Å²) in [6.45, 7) is 4.38. The fraction of sp³-hybridized carbons (Fsp3) is 0.604. The number of carbonyl (C=O) groups is 4. The minimum absolute atomic E-state index is 0.00573. The van der Waals surface area contributed by atoms with Gasteiger partial charge in [-0.3, -0.25) is 37.3 Å². The zero-order valence-corrected chi connectivity index (χ0v) is 69.9. The molecular formula is C91H146O17P2. The zero-order chi connectivity index (χ0) is 80.3. The SMILES string of the molecule is CC/C=C\C/C=C\C/C=C\C/C=C\C/C=C\C/C=C\CCC(=O)OC[C@H](COP(=O)(O)OC[C@@H](O)COP(=O)(O)OC[C@@H](COC(=O)CC/C=C\C/C=C\C/C=C\C/C=C\C/C=C\C/C=C\CC)OC(=O)CCCCCCCCCCCCCCCCC)OC(=O)CCC/C=C\C/C=C\C/C=C\C/C=C\CCCCC. The van der Waals surface area contributed by atoms with Gasteiger partial charge >= 0.3 is 39.5 Å². The molecule has 17 nitrogen and oxygen atoms in total. The van der Waals surface area contributed by atoms with E-state index < -0.39 is 97.5 Å². The van der Waals surface area contributed by atoms with E-state index in [0.29, 0.717) is 44.9 Å². The molecule has 0 rings (SSSR count). The van der Waals surface area contributed by atoms with Crippen LogP contribution in [0, 0.1) is 0 Å². The Morgan fingerprint density at radius 2 is 0.500 bits per heavy atom. The van der Waals surface area contributed by atoms with Gasteiger partial charge in [-0.1, -0.05) is 325 Å². The summed E-state index contributed by atoms with van der Waals surface area (Å²) in [4.78, 5) is 73.1. The van der Waals surface area contributed by atoms with E-state index in [2.05, 4.69) is 174 Å². The van der Waals surface area contributed by atoms with Crippen molar-refractivity contribution in [2.24, 2.45) is 0 Å². The van der Waals surface area contributed by atoms with E-state index in [1.165, 1.54) is 83.5 Å². The van der Waals surface area contributed by atoms with Gasteiger partial charge in [0.15, 0.2) is 12.2 Å². The molecular weight excluding hydrogens is 1430 g/mol. The van der Waals surface area contributed by atoms with Crippen molar-refractivity contribution in [2.45, 2.75) is 316 Å². The van der Waals surface area contributed by atoms with Crippen LogP contribution >= 0.6 is 15.6 Å². The second-order valence-corrected chi connectivity index (χ2v) is 29.9. The van der Waals surface area contributed by atoms with Crippen molar-refractivity contribution >= 4 is 39.5 Å². The van der Waals surface area contributed by atoms with E-state index in [4.69, 9.17) is 37.0 Å². The molecule has 0 aliphatic heterocycles. The third-order valence-corrected chi connectivity index (χ3v) is 18.5. The van der Waals surface area contributed by atoms with E-state index in [1.807, 2.05) is 48.6 Å². The van der Waals surface area contributed by atoms with E-state index in [1.54, 1.807) is 0 Å².